The van der Waals surface area contributed by atoms with Crippen LogP contribution in [0.3, 0.4) is 0 Å². The smallest absolute Gasteiger partial charge is 0.336 e. The molecule has 3 heterocycles. The first-order chi connectivity index (χ1) is 24.5. The van der Waals surface area contributed by atoms with Gasteiger partial charge in [-0.05, 0) is 53.4 Å². The van der Waals surface area contributed by atoms with Crippen molar-refractivity contribution < 1.29 is 28.4 Å². The zero-order valence-corrected chi connectivity index (χ0v) is 27.6. The van der Waals surface area contributed by atoms with Crippen LogP contribution in [0.15, 0.2) is 108 Å². The molecule has 2 aromatic heterocycles. The van der Waals surface area contributed by atoms with Crippen LogP contribution < -0.4 is 19.9 Å². The third kappa shape index (κ3) is 7.19. The molecule has 256 valence electrons. The predicted octanol–water partition coefficient (Wildman–Crippen LogP) is 6.65. The lowest BCUT2D eigenvalue weighted by Crippen LogP contribution is -2.37. The first-order valence-corrected chi connectivity index (χ1v) is 16.5. The van der Waals surface area contributed by atoms with Gasteiger partial charge in [0.05, 0.1) is 50.9 Å². The van der Waals surface area contributed by atoms with Crippen LogP contribution in [0.2, 0.25) is 0 Å². The number of aromatic hydroxyl groups is 1. The summed E-state index contributed by atoms with van der Waals surface area (Å²) < 4.78 is 41.1. The largest absolute Gasteiger partial charge is 0.493 e. The lowest BCUT2D eigenvalue weighted by atomic mass is 10.0. The van der Waals surface area contributed by atoms with Crippen molar-refractivity contribution in [3.63, 3.8) is 0 Å². The Kier molecular flexibility index (Phi) is 9.77. The van der Waals surface area contributed by atoms with Crippen molar-refractivity contribution in [3.05, 3.63) is 125 Å². The fourth-order valence-corrected chi connectivity index (χ4v) is 6.13. The molecule has 1 fully saturated rings. The normalized spacial score (nSPS) is 13.4. The van der Waals surface area contributed by atoms with Gasteiger partial charge in [0, 0.05) is 43.4 Å². The summed E-state index contributed by atoms with van der Waals surface area (Å²) in [4.78, 5) is 20.2. The number of nitrogens with zero attached hydrogens (tertiary/aromatic N) is 4. The number of rotatable bonds is 12. The lowest BCUT2D eigenvalue weighted by molar-refractivity contribution is 0.0357. The molecule has 11 heteroatoms. The Bertz CT molecular complexity index is 2160. The molecule has 1 aliphatic heterocycles. The van der Waals surface area contributed by atoms with Gasteiger partial charge in [0.1, 0.15) is 5.75 Å². The number of halogens is 1. The standard InChI is InChI=1S/C39H37FN4O6/c1-47-36-23-31-33(24-37(36)49-18-6-15-42-16-19-48-20-17-42)41-14-13-34(31)50-35-12-11-30(22-32(35)40)44-38(45)26-43(39(44)46)25-27-7-5-10-29(21-27)28-8-3-2-4-9-28/h2-5,7-14,21-24,26,45H,6,15-20,25H2,1H3. The molecule has 50 heavy (non-hydrogen) atoms. The van der Waals surface area contributed by atoms with E-state index < -0.39 is 11.5 Å². The predicted molar refractivity (Wildman–Crippen MR) is 188 cm³/mol. The monoisotopic (exact) mass is 676 g/mol. The SMILES string of the molecule is COc1cc2c(Oc3ccc(-n4c(O)cn(Cc5cccc(-c6ccccc6)c5)c4=O)cc3F)ccnc2cc1OCCCN1CCOCC1. The van der Waals surface area contributed by atoms with Crippen molar-refractivity contribution in [1.29, 1.82) is 0 Å². The molecule has 0 bridgehead atoms. The average molecular weight is 677 g/mol. The van der Waals surface area contributed by atoms with E-state index in [1.54, 1.807) is 31.5 Å². The van der Waals surface area contributed by atoms with Crippen LogP contribution >= 0.6 is 0 Å². The van der Waals surface area contributed by atoms with Crippen LogP contribution in [-0.2, 0) is 11.3 Å². The van der Waals surface area contributed by atoms with E-state index in [4.69, 9.17) is 18.9 Å². The number of ether oxygens (including phenoxy) is 4. The molecule has 0 spiro atoms. The number of morpholine rings is 1. The highest BCUT2D eigenvalue weighted by atomic mass is 19.1. The zero-order chi connectivity index (χ0) is 34.5. The highest BCUT2D eigenvalue weighted by molar-refractivity contribution is 5.88. The second-order valence-corrected chi connectivity index (χ2v) is 12.0. The minimum atomic E-state index is -0.714. The van der Waals surface area contributed by atoms with E-state index in [0.29, 0.717) is 34.8 Å². The number of fused-ring (bicyclic) bond motifs is 1. The van der Waals surface area contributed by atoms with E-state index in [2.05, 4.69) is 9.88 Å². The van der Waals surface area contributed by atoms with Crippen molar-refractivity contribution >= 4 is 10.9 Å². The second-order valence-electron chi connectivity index (χ2n) is 12.0. The van der Waals surface area contributed by atoms with E-state index in [1.165, 1.54) is 22.9 Å². The summed E-state index contributed by atoms with van der Waals surface area (Å²) in [6.07, 6.45) is 3.78. The molecule has 1 N–H and O–H groups in total. The number of aromatic nitrogens is 3. The topological polar surface area (TPSA) is 100 Å². The first kappa shape index (κ1) is 32.9. The van der Waals surface area contributed by atoms with Gasteiger partial charge < -0.3 is 24.1 Å². The molecule has 0 unspecified atom stereocenters. The molecule has 0 radical (unpaired) electrons. The summed E-state index contributed by atoms with van der Waals surface area (Å²) in [7, 11) is 1.56. The fourth-order valence-electron chi connectivity index (χ4n) is 6.13. The summed E-state index contributed by atoms with van der Waals surface area (Å²) in [6.45, 7) is 5.02. The summed E-state index contributed by atoms with van der Waals surface area (Å²) in [6, 6.07) is 27.1. The summed E-state index contributed by atoms with van der Waals surface area (Å²) in [5.74, 6) is 0.339. The number of hydrogen-bond acceptors (Lipinski definition) is 8. The van der Waals surface area contributed by atoms with E-state index in [1.807, 2.05) is 54.6 Å². The fraction of sp³-hybridized carbons (Fsp3) is 0.231. The molecule has 0 aliphatic carbocycles. The molecule has 4 aromatic carbocycles. The van der Waals surface area contributed by atoms with Crippen LogP contribution in [-0.4, -0.2) is 70.7 Å². The highest BCUT2D eigenvalue weighted by Crippen LogP contribution is 2.38. The zero-order valence-electron chi connectivity index (χ0n) is 27.6. The lowest BCUT2D eigenvalue weighted by Gasteiger charge is -2.26. The number of benzene rings is 4. The Balaban J connectivity index is 1.07. The maximum absolute atomic E-state index is 15.6. The van der Waals surface area contributed by atoms with E-state index >= 15 is 4.39 Å². The molecular weight excluding hydrogens is 639 g/mol. The van der Waals surface area contributed by atoms with Crippen molar-refractivity contribution in [3.8, 4) is 45.7 Å². The van der Waals surface area contributed by atoms with Crippen molar-refractivity contribution in [2.45, 2.75) is 13.0 Å². The number of imidazole rings is 1. The molecule has 10 nitrogen and oxygen atoms in total. The van der Waals surface area contributed by atoms with Gasteiger partial charge in [-0.25, -0.2) is 13.8 Å². The summed E-state index contributed by atoms with van der Waals surface area (Å²) in [5.41, 5.74) is 3.20. The van der Waals surface area contributed by atoms with Crippen molar-refractivity contribution in [2.24, 2.45) is 0 Å². The second kappa shape index (κ2) is 14.9. The van der Waals surface area contributed by atoms with Gasteiger partial charge in [-0.1, -0.05) is 48.5 Å². The Morgan fingerprint density at radius 3 is 2.50 bits per heavy atom. The van der Waals surface area contributed by atoms with Gasteiger partial charge in [-0.15, -0.1) is 0 Å². The Labute approximate surface area is 288 Å². The van der Waals surface area contributed by atoms with Crippen LogP contribution in [0, 0.1) is 5.82 Å². The molecule has 0 saturated carbocycles. The van der Waals surface area contributed by atoms with E-state index in [-0.39, 0.29) is 23.9 Å². The van der Waals surface area contributed by atoms with Crippen LogP contribution in [0.4, 0.5) is 4.39 Å². The molecule has 6 aromatic rings. The molecule has 7 rings (SSSR count). The summed E-state index contributed by atoms with van der Waals surface area (Å²) >= 11 is 0. The number of methoxy groups -OCH3 is 1. The van der Waals surface area contributed by atoms with E-state index in [0.717, 1.165) is 66.6 Å². The van der Waals surface area contributed by atoms with Gasteiger partial charge in [-0.2, -0.15) is 0 Å². The number of hydrogen-bond donors (Lipinski definition) is 1. The van der Waals surface area contributed by atoms with Crippen LogP contribution in [0.25, 0.3) is 27.7 Å². The Morgan fingerprint density at radius 1 is 0.880 bits per heavy atom. The third-order valence-corrected chi connectivity index (χ3v) is 8.68. The highest BCUT2D eigenvalue weighted by Gasteiger charge is 2.18. The molecule has 1 saturated heterocycles. The quantitative estimate of drug-likeness (QED) is 0.144. The van der Waals surface area contributed by atoms with Gasteiger partial charge in [0.15, 0.2) is 23.1 Å². The summed E-state index contributed by atoms with van der Waals surface area (Å²) in [5, 5.41) is 11.3. The van der Waals surface area contributed by atoms with Crippen LogP contribution in [0.5, 0.6) is 28.9 Å². The Morgan fingerprint density at radius 2 is 1.70 bits per heavy atom. The third-order valence-electron chi connectivity index (χ3n) is 8.68. The van der Waals surface area contributed by atoms with Gasteiger partial charge in [0.25, 0.3) is 0 Å². The number of pyridine rings is 1. The molecule has 0 atom stereocenters. The van der Waals surface area contributed by atoms with Gasteiger partial charge >= 0.3 is 5.69 Å². The first-order valence-electron chi connectivity index (χ1n) is 16.5. The Hall–Kier alpha value is -5.65. The van der Waals surface area contributed by atoms with Crippen LogP contribution in [0.1, 0.15) is 12.0 Å². The van der Waals surface area contributed by atoms with Gasteiger partial charge in [-0.3, -0.25) is 14.5 Å². The van der Waals surface area contributed by atoms with Crippen molar-refractivity contribution in [2.75, 3.05) is 46.6 Å². The minimum absolute atomic E-state index is 0.0617. The average Bonchev–Trinajstić information content (AvgIpc) is 3.42. The molecule has 1 aliphatic rings. The van der Waals surface area contributed by atoms with Crippen molar-refractivity contribution in [1.82, 2.24) is 19.0 Å². The maximum Gasteiger partial charge on any atom is 0.336 e. The maximum atomic E-state index is 15.6. The molecule has 0 amide bonds. The van der Waals surface area contributed by atoms with Gasteiger partial charge in [0.2, 0.25) is 5.88 Å². The molecular formula is C39H37FN4O6. The van der Waals surface area contributed by atoms with E-state index in [9.17, 15) is 9.90 Å². The minimum Gasteiger partial charge on any atom is -0.493 e.